The van der Waals surface area contributed by atoms with Crippen LogP contribution in [0.3, 0.4) is 0 Å². The molecule has 2 rings (SSSR count). The summed E-state index contributed by atoms with van der Waals surface area (Å²) in [5.74, 6) is 0.00937. The van der Waals surface area contributed by atoms with Crippen LogP contribution in [0.1, 0.15) is 5.56 Å². The Hall–Kier alpha value is -2.09. The molecule has 0 atom stereocenters. The van der Waals surface area contributed by atoms with E-state index in [0.29, 0.717) is 15.7 Å². The number of nitrogens with one attached hydrogen (secondary N) is 1. The maximum atomic E-state index is 8.63. The fourth-order valence-electron chi connectivity index (χ4n) is 1.06. The molecule has 2 aromatic heterocycles. The molecular weight excluding hydrogens is 228 g/mol. The molecule has 82 valence electrons. The van der Waals surface area contributed by atoms with E-state index in [1.165, 1.54) is 18.1 Å². The molecule has 7 nitrogen and oxygen atoms in total. The zero-order valence-corrected chi connectivity index (χ0v) is 8.85. The molecule has 8 heteroatoms. The molecular formula is C8H8N6OS. The summed E-state index contributed by atoms with van der Waals surface area (Å²) in [6, 6.07) is 3.42. The number of amidine groups is 1. The van der Waals surface area contributed by atoms with E-state index in [9.17, 15) is 0 Å². The molecule has 0 amide bonds. The van der Waals surface area contributed by atoms with Crippen LogP contribution in [0.4, 0.5) is 0 Å². The molecule has 16 heavy (non-hydrogen) atoms. The van der Waals surface area contributed by atoms with Gasteiger partial charge in [-0.1, -0.05) is 5.16 Å². The van der Waals surface area contributed by atoms with Gasteiger partial charge >= 0.3 is 0 Å². The van der Waals surface area contributed by atoms with Gasteiger partial charge in [-0.05, 0) is 23.9 Å². The van der Waals surface area contributed by atoms with Gasteiger partial charge in [0.15, 0.2) is 11.0 Å². The normalized spacial score (nSPS) is 11.6. The van der Waals surface area contributed by atoms with Crippen molar-refractivity contribution in [2.75, 3.05) is 0 Å². The third-order valence-corrected chi connectivity index (χ3v) is 2.65. The van der Waals surface area contributed by atoms with E-state index < -0.39 is 0 Å². The largest absolute Gasteiger partial charge is 0.409 e. The molecule has 0 aliphatic rings. The first kappa shape index (κ1) is 10.4. The van der Waals surface area contributed by atoms with Gasteiger partial charge in [-0.3, -0.25) is 5.10 Å². The van der Waals surface area contributed by atoms with Crippen molar-refractivity contribution in [1.29, 1.82) is 0 Å². The summed E-state index contributed by atoms with van der Waals surface area (Å²) in [4.78, 5) is 8.08. The van der Waals surface area contributed by atoms with Crippen LogP contribution in [0.2, 0.25) is 0 Å². The summed E-state index contributed by atoms with van der Waals surface area (Å²) in [7, 11) is 0. The summed E-state index contributed by atoms with van der Waals surface area (Å²) in [5, 5.41) is 19.2. The highest BCUT2D eigenvalue weighted by Crippen LogP contribution is 2.24. The molecule has 0 aliphatic carbocycles. The van der Waals surface area contributed by atoms with E-state index in [-0.39, 0.29) is 5.84 Å². The second-order valence-corrected chi connectivity index (χ2v) is 3.71. The predicted molar refractivity (Wildman–Crippen MR) is 57.3 cm³/mol. The Morgan fingerprint density at radius 3 is 3.06 bits per heavy atom. The topological polar surface area (TPSA) is 113 Å². The molecule has 0 radical (unpaired) electrons. The maximum absolute atomic E-state index is 8.63. The highest BCUT2D eigenvalue weighted by Gasteiger charge is 2.10. The van der Waals surface area contributed by atoms with Crippen molar-refractivity contribution in [1.82, 2.24) is 20.2 Å². The molecule has 0 aliphatic heterocycles. The molecule has 0 saturated carbocycles. The highest BCUT2D eigenvalue weighted by molar-refractivity contribution is 7.99. The van der Waals surface area contributed by atoms with Crippen LogP contribution in [-0.2, 0) is 0 Å². The number of rotatable bonds is 3. The van der Waals surface area contributed by atoms with Gasteiger partial charge < -0.3 is 10.9 Å². The number of aromatic amines is 1. The summed E-state index contributed by atoms with van der Waals surface area (Å²) in [5.41, 5.74) is 6.07. The van der Waals surface area contributed by atoms with E-state index in [1.807, 2.05) is 0 Å². The maximum Gasteiger partial charge on any atom is 0.189 e. The SMILES string of the molecule is N/C(=N\O)c1cccnc1Sc1ncn[nH]1. The lowest BCUT2D eigenvalue weighted by molar-refractivity contribution is 0.318. The second kappa shape index (κ2) is 4.62. The Bertz CT molecular complexity index is 497. The third-order valence-electron chi connectivity index (χ3n) is 1.74. The quantitative estimate of drug-likeness (QED) is 0.308. The number of H-pyrrole nitrogens is 1. The average molecular weight is 236 g/mol. The second-order valence-electron chi connectivity index (χ2n) is 2.73. The van der Waals surface area contributed by atoms with E-state index in [1.54, 1.807) is 18.3 Å². The van der Waals surface area contributed by atoms with Gasteiger partial charge in [-0.2, -0.15) is 5.10 Å². The molecule has 0 saturated heterocycles. The molecule has 2 aromatic rings. The van der Waals surface area contributed by atoms with Gasteiger partial charge in [0.2, 0.25) is 0 Å². The first-order valence-corrected chi connectivity index (χ1v) is 5.09. The first-order valence-electron chi connectivity index (χ1n) is 4.27. The average Bonchev–Trinajstić information content (AvgIpc) is 2.82. The first-order chi connectivity index (χ1) is 7.81. The smallest absolute Gasteiger partial charge is 0.189 e. The van der Waals surface area contributed by atoms with Crippen molar-refractivity contribution in [2.45, 2.75) is 10.2 Å². The summed E-state index contributed by atoms with van der Waals surface area (Å²) < 4.78 is 0. The molecule has 2 heterocycles. The number of nitrogens with two attached hydrogens (primary N) is 1. The van der Waals surface area contributed by atoms with Crippen molar-refractivity contribution in [2.24, 2.45) is 10.9 Å². The fraction of sp³-hybridized carbons (Fsp3) is 0. The van der Waals surface area contributed by atoms with Crippen LogP contribution in [0.25, 0.3) is 0 Å². The Morgan fingerprint density at radius 1 is 1.50 bits per heavy atom. The van der Waals surface area contributed by atoms with Crippen LogP contribution < -0.4 is 5.73 Å². The van der Waals surface area contributed by atoms with Gasteiger partial charge in [0.1, 0.15) is 11.4 Å². The number of oxime groups is 1. The van der Waals surface area contributed by atoms with E-state index >= 15 is 0 Å². The van der Waals surface area contributed by atoms with Crippen molar-refractivity contribution < 1.29 is 5.21 Å². The minimum Gasteiger partial charge on any atom is -0.409 e. The standard InChI is InChI=1S/C8H8N6OS/c9-6(14-15)5-2-1-3-10-7(5)16-8-11-4-12-13-8/h1-4,15H,(H2,9,14)(H,11,12,13). The lowest BCUT2D eigenvalue weighted by atomic mass is 10.3. The monoisotopic (exact) mass is 236 g/mol. The zero-order valence-electron chi connectivity index (χ0n) is 8.03. The van der Waals surface area contributed by atoms with Crippen LogP contribution in [0.5, 0.6) is 0 Å². The molecule has 0 aromatic carbocycles. The van der Waals surface area contributed by atoms with E-state index in [2.05, 4.69) is 25.3 Å². The van der Waals surface area contributed by atoms with Crippen LogP contribution in [0, 0.1) is 0 Å². The zero-order chi connectivity index (χ0) is 11.4. The molecule has 0 bridgehead atoms. The Morgan fingerprint density at radius 2 is 2.38 bits per heavy atom. The lowest BCUT2D eigenvalue weighted by Gasteiger charge is -2.03. The van der Waals surface area contributed by atoms with Crippen LogP contribution in [0.15, 0.2) is 40.0 Å². The molecule has 0 fully saturated rings. The van der Waals surface area contributed by atoms with Crippen LogP contribution >= 0.6 is 11.8 Å². The van der Waals surface area contributed by atoms with E-state index in [0.717, 1.165) is 0 Å². The number of nitrogens with zero attached hydrogens (tertiary/aromatic N) is 4. The third kappa shape index (κ3) is 2.11. The highest BCUT2D eigenvalue weighted by atomic mass is 32.2. The van der Waals surface area contributed by atoms with Crippen molar-refractivity contribution in [3.63, 3.8) is 0 Å². The van der Waals surface area contributed by atoms with E-state index in [4.69, 9.17) is 10.9 Å². The van der Waals surface area contributed by atoms with Crippen molar-refractivity contribution in [3.8, 4) is 0 Å². The number of hydrogen-bond acceptors (Lipinski definition) is 6. The molecule has 0 unspecified atom stereocenters. The minimum absolute atomic E-state index is 0.00937. The van der Waals surface area contributed by atoms with Gasteiger partial charge in [0, 0.05) is 6.20 Å². The van der Waals surface area contributed by atoms with Crippen molar-refractivity contribution >= 4 is 17.6 Å². The van der Waals surface area contributed by atoms with Gasteiger partial charge in [0.25, 0.3) is 0 Å². The lowest BCUT2D eigenvalue weighted by Crippen LogP contribution is -2.14. The molecule has 0 spiro atoms. The molecule has 4 N–H and O–H groups in total. The Balaban J connectivity index is 2.34. The number of aromatic nitrogens is 4. The van der Waals surface area contributed by atoms with Crippen LogP contribution in [-0.4, -0.2) is 31.2 Å². The Kier molecular flexibility index (Phi) is 3.01. The van der Waals surface area contributed by atoms with Gasteiger partial charge in [-0.15, -0.1) is 0 Å². The minimum atomic E-state index is 0.00937. The summed E-state index contributed by atoms with van der Waals surface area (Å²) in [6.07, 6.45) is 3.02. The number of pyridine rings is 1. The predicted octanol–water partition coefficient (Wildman–Crippen LogP) is 0.445. The van der Waals surface area contributed by atoms with Gasteiger partial charge in [0.05, 0.1) is 5.56 Å². The Labute approximate surface area is 94.8 Å². The summed E-state index contributed by atoms with van der Waals surface area (Å²) in [6.45, 7) is 0. The summed E-state index contributed by atoms with van der Waals surface area (Å²) >= 11 is 1.25. The van der Waals surface area contributed by atoms with Crippen molar-refractivity contribution in [3.05, 3.63) is 30.2 Å². The number of hydrogen-bond donors (Lipinski definition) is 3. The fourth-order valence-corrected chi connectivity index (χ4v) is 1.83. The van der Waals surface area contributed by atoms with Gasteiger partial charge in [-0.25, -0.2) is 9.97 Å².